The van der Waals surface area contributed by atoms with Gasteiger partial charge in [-0.2, -0.15) is 0 Å². The Kier molecular flexibility index (Phi) is 5.90. The van der Waals surface area contributed by atoms with E-state index in [-0.39, 0.29) is 11.9 Å². The fourth-order valence-electron chi connectivity index (χ4n) is 4.35. The first-order valence-corrected chi connectivity index (χ1v) is 10.7. The number of piperazine rings is 1. The lowest BCUT2D eigenvalue weighted by atomic mass is 9.96. The predicted molar refractivity (Wildman–Crippen MR) is 118 cm³/mol. The first-order valence-electron chi connectivity index (χ1n) is 10.7. The third-order valence-corrected chi connectivity index (χ3v) is 6.20. The van der Waals surface area contributed by atoms with E-state index in [2.05, 4.69) is 23.7 Å². The summed E-state index contributed by atoms with van der Waals surface area (Å²) in [5, 5.41) is 0. The van der Waals surface area contributed by atoms with Gasteiger partial charge in [0.2, 0.25) is 5.91 Å². The molecule has 1 saturated heterocycles. The zero-order valence-corrected chi connectivity index (χ0v) is 18.1. The second-order valence-electron chi connectivity index (χ2n) is 8.37. The van der Waals surface area contributed by atoms with Crippen LogP contribution >= 0.6 is 0 Å². The van der Waals surface area contributed by atoms with Crippen molar-refractivity contribution in [1.29, 1.82) is 0 Å². The summed E-state index contributed by atoms with van der Waals surface area (Å²) in [6, 6.07) is 4.16. The molecule has 2 aromatic rings. The number of aromatic nitrogens is 2. The Morgan fingerprint density at radius 3 is 2.63 bits per heavy atom. The van der Waals surface area contributed by atoms with Crippen LogP contribution in [0.5, 0.6) is 0 Å². The number of methoxy groups -OCH3 is 1. The van der Waals surface area contributed by atoms with Gasteiger partial charge in [0.05, 0.1) is 24.4 Å². The molecular formula is C23H31N5O2. The van der Waals surface area contributed by atoms with E-state index in [1.165, 1.54) is 12.8 Å². The van der Waals surface area contributed by atoms with Crippen LogP contribution in [-0.4, -0.2) is 60.2 Å². The second-order valence-corrected chi connectivity index (χ2v) is 8.37. The van der Waals surface area contributed by atoms with Crippen LogP contribution in [0.2, 0.25) is 0 Å². The van der Waals surface area contributed by atoms with Gasteiger partial charge >= 0.3 is 0 Å². The van der Waals surface area contributed by atoms with E-state index in [0.717, 1.165) is 47.0 Å². The largest absolute Gasteiger partial charge is 0.396 e. The molecule has 1 amide bonds. The lowest BCUT2D eigenvalue weighted by Crippen LogP contribution is -2.54. The molecule has 0 unspecified atom stereocenters. The molecule has 1 atom stereocenters. The van der Waals surface area contributed by atoms with E-state index in [9.17, 15) is 4.79 Å². The van der Waals surface area contributed by atoms with Crippen molar-refractivity contribution in [1.82, 2.24) is 14.9 Å². The van der Waals surface area contributed by atoms with E-state index in [1.807, 2.05) is 29.4 Å². The molecule has 160 valence electrons. The average Bonchev–Trinajstić information content (AvgIpc) is 3.59. The van der Waals surface area contributed by atoms with Crippen LogP contribution in [0.15, 0.2) is 24.5 Å². The van der Waals surface area contributed by atoms with Gasteiger partial charge in [0.1, 0.15) is 0 Å². The van der Waals surface area contributed by atoms with Gasteiger partial charge in [-0.25, -0.2) is 4.98 Å². The summed E-state index contributed by atoms with van der Waals surface area (Å²) >= 11 is 0. The number of anilines is 2. The maximum Gasteiger partial charge on any atom is 0.225 e. The third kappa shape index (κ3) is 3.99. The highest BCUT2D eigenvalue weighted by Gasteiger charge is 2.33. The number of nitrogens with two attached hydrogens (primary N) is 1. The van der Waals surface area contributed by atoms with Crippen molar-refractivity contribution in [3.05, 3.63) is 35.8 Å². The highest BCUT2D eigenvalue weighted by atomic mass is 16.5. The Hall–Kier alpha value is -2.67. The molecule has 7 nitrogen and oxygen atoms in total. The Balaban J connectivity index is 1.62. The minimum Gasteiger partial charge on any atom is -0.396 e. The van der Waals surface area contributed by atoms with E-state index < -0.39 is 0 Å². The van der Waals surface area contributed by atoms with Crippen molar-refractivity contribution in [2.45, 2.75) is 45.1 Å². The van der Waals surface area contributed by atoms with Gasteiger partial charge in [-0.3, -0.25) is 9.78 Å². The van der Waals surface area contributed by atoms with Crippen LogP contribution in [0.25, 0.3) is 11.1 Å². The molecule has 2 fully saturated rings. The van der Waals surface area contributed by atoms with Gasteiger partial charge in [-0.1, -0.05) is 0 Å². The molecule has 1 saturated carbocycles. The molecule has 0 radical (unpaired) electrons. The topological polar surface area (TPSA) is 84.6 Å². The number of carbonyl (C=O) groups excluding carboxylic acids is 1. The van der Waals surface area contributed by atoms with Crippen molar-refractivity contribution >= 4 is 17.4 Å². The number of nitrogens with zero attached hydrogens (tertiary/aromatic N) is 4. The Morgan fingerprint density at radius 1 is 1.27 bits per heavy atom. The Morgan fingerprint density at radius 2 is 2.00 bits per heavy atom. The Bertz CT molecular complexity index is 914. The fourth-order valence-corrected chi connectivity index (χ4v) is 4.35. The van der Waals surface area contributed by atoms with Crippen molar-refractivity contribution < 1.29 is 9.53 Å². The highest BCUT2D eigenvalue weighted by molar-refractivity contribution is 5.82. The maximum absolute atomic E-state index is 12.5. The number of nitrogen functional groups attached to an aromatic ring is 1. The van der Waals surface area contributed by atoms with Gasteiger partial charge in [-0.15, -0.1) is 0 Å². The first kappa shape index (κ1) is 20.6. The molecule has 0 spiro atoms. The second kappa shape index (κ2) is 8.60. The molecule has 3 heterocycles. The fraction of sp³-hybridized carbons (Fsp3) is 0.522. The van der Waals surface area contributed by atoms with Crippen LogP contribution in [0.4, 0.5) is 11.5 Å². The number of rotatable bonds is 6. The minimum atomic E-state index is 0.105. The normalized spacial score (nSPS) is 19.2. The molecule has 2 N–H and O–H groups in total. The van der Waals surface area contributed by atoms with Gasteiger partial charge in [0.25, 0.3) is 0 Å². The number of hydrogen-bond acceptors (Lipinski definition) is 6. The molecule has 0 bridgehead atoms. The predicted octanol–water partition coefficient (Wildman–Crippen LogP) is 2.99. The summed E-state index contributed by atoms with van der Waals surface area (Å²) in [6.07, 6.45) is 6.40. The van der Waals surface area contributed by atoms with E-state index >= 15 is 0 Å². The van der Waals surface area contributed by atoms with Crippen LogP contribution in [0.3, 0.4) is 0 Å². The molecule has 0 aromatic carbocycles. The zero-order chi connectivity index (χ0) is 21.3. The lowest BCUT2D eigenvalue weighted by Gasteiger charge is -2.41. The molecule has 4 rings (SSSR count). The van der Waals surface area contributed by atoms with Crippen molar-refractivity contribution in [3.63, 3.8) is 0 Å². The standard InChI is InChI=1S/C23H31N5O2/c1-15-14-27(11-12-28(15)19(29)8-13-30-3)23-21(24)16(2)20(17-6-9-25-10-7-17)22(26-23)18-4-5-18/h6-7,9-10,15,18H,4-5,8,11-14,24H2,1-3H3/t15-/m1/s1. The van der Waals surface area contributed by atoms with Gasteiger partial charge in [0.15, 0.2) is 5.82 Å². The summed E-state index contributed by atoms with van der Waals surface area (Å²) in [5.41, 5.74) is 11.9. The number of pyridine rings is 2. The summed E-state index contributed by atoms with van der Waals surface area (Å²) in [6.45, 7) is 6.78. The molecule has 2 aromatic heterocycles. The van der Waals surface area contributed by atoms with Crippen molar-refractivity contribution in [3.8, 4) is 11.1 Å². The molecule has 2 aliphatic rings. The smallest absolute Gasteiger partial charge is 0.225 e. The summed E-state index contributed by atoms with van der Waals surface area (Å²) in [4.78, 5) is 25.9. The SMILES string of the molecule is COCCC(=O)N1CCN(c2nc(C3CC3)c(-c3ccncc3)c(C)c2N)C[C@H]1C. The van der Waals surface area contributed by atoms with Gasteiger partial charge in [-0.05, 0) is 49.9 Å². The van der Waals surface area contributed by atoms with Gasteiger partial charge in [0, 0.05) is 56.7 Å². The molecule has 7 heteroatoms. The minimum absolute atomic E-state index is 0.105. The highest BCUT2D eigenvalue weighted by Crippen LogP contribution is 2.47. The number of ether oxygens (including phenoxy) is 1. The zero-order valence-electron chi connectivity index (χ0n) is 18.1. The van der Waals surface area contributed by atoms with Crippen LogP contribution < -0.4 is 10.6 Å². The quantitative estimate of drug-likeness (QED) is 0.790. The van der Waals surface area contributed by atoms with Crippen LogP contribution in [0.1, 0.15) is 43.4 Å². The van der Waals surface area contributed by atoms with Crippen molar-refractivity contribution in [2.75, 3.05) is 44.0 Å². The maximum atomic E-state index is 12.5. The van der Waals surface area contributed by atoms with E-state index in [4.69, 9.17) is 15.5 Å². The lowest BCUT2D eigenvalue weighted by molar-refractivity contribution is -0.134. The summed E-state index contributed by atoms with van der Waals surface area (Å²) in [7, 11) is 1.62. The summed E-state index contributed by atoms with van der Waals surface area (Å²) in [5.74, 6) is 1.51. The van der Waals surface area contributed by atoms with Gasteiger partial charge < -0.3 is 20.3 Å². The first-order chi connectivity index (χ1) is 14.5. The van der Waals surface area contributed by atoms with Crippen molar-refractivity contribution in [2.24, 2.45) is 0 Å². The van der Waals surface area contributed by atoms with E-state index in [1.54, 1.807) is 7.11 Å². The third-order valence-electron chi connectivity index (χ3n) is 6.20. The Labute approximate surface area is 178 Å². The monoisotopic (exact) mass is 409 g/mol. The molecule has 30 heavy (non-hydrogen) atoms. The molecule has 1 aliphatic carbocycles. The molecular weight excluding hydrogens is 378 g/mol. The average molecular weight is 410 g/mol. The summed E-state index contributed by atoms with van der Waals surface area (Å²) < 4.78 is 5.06. The van der Waals surface area contributed by atoms with Crippen LogP contribution in [-0.2, 0) is 9.53 Å². The molecule has 1 aliphatic heterocycles. The number of carbonyl (C=O) groups is 1. The van der Waals surface area contributed by atoms with Crippen LogP contribution in [0, 0.1) is 6.92 Å². The number of amides is 1. The van der Waals surface area contributed by atoms with E-state index in [0.29, 0.717) is 25.5 Å². The number of hydrogen-bond donors (Lipinski definition) is 1.